The zero-order valence-electron chi connectivity index (χ0n) is 17.4. The highest BCUT2D eigenvalue weighted by Crippen LogP contribution is 2.21. The predicted molar refractivity (Wildman–Crippen MR) is 116 cm³/mol. The van der Waals surface area contributed by atoms with Gasteiger partial charge < -0.3 is 15.0 Å². The molecule has 1 N–H and O–H groups in total. The summed E-state index contributed by atoms with van der Waals surface area (Å²) in [5.41, 5.74) is 2.43. The number of nitrogens with one attached hydrogen (secondary N) is 1. The molecule has 6 heteroatoms. The van der Waals surface area contributed by atoms with Crippen molar-refractivity contribution in [3.63, 3.8) is 0 Å². The summed E-state index contributed by atoms with van der Waals surface area (Å²) in [5, 5.41) is 2.84. The Morgan fingerprint density at radius 1 is 1.03 bits per heavy atom. The molecule has 0 radical (unpaired) electrons. The summed E-state index contributed by atoms with van der Waals surface area (Å²) in [6, 6.07) is 14.7. The highest BCUT2D eigenvalue weighted by molar-refractivity contribution is 5.98. The van der Waals surface area contributed by atoms with Crippen molar-refractivity contribution >= 4 is 23.3 Å². The molecule has 6 nitrogen and oxygen atoms in total. The van der Waals surface area contributed by atoms with Crippen LogP contribution in [-0.4, -0.2) is 30.7 Å². The van der Waals surface area contributed by atoms with E-state index in [4.69, 9.17) is 4.74 Å². The molecule has 0 aromatic heterocycles. The lowest BCUT2D eigenvalue weighted by Gasteiger charge is -2.16. The van der Waals surface area contributed by atoms with E-state index in [0.717, 1.165) is 36.4 Å². The Balaban J connectivity index is 1.41. The monoisotopic (exact) mass is 408 g/mol. The second kappa shape index (κ2) is 10.6. The minimum Gasteiger partial charge on any atom is -0.494 e. The molecule has 0 bridgehead atoms. The van der Waals surface area contributed by atoms with Gasteiger partial charge in [0.25, 0.3) is 0 Å². The number of Topliss-reactive ketones (excluding diaryl/α,β-unsaturated/α-hetero) is 1. The lowest BCUT2D eigenvalue weighted by Crippen LogP contribution is -2.24. The van der Waals surface area contributed by atoms with E-state index in [9.17, 15) is 14.4 Å². The van der Waals surface area contributed by atoms with E-state index < -0.39 is 0 Å². The number of nitrogens with zero attached hydrogens (tertiary/aromatic N) is 1. The van der Waals surface area contributed by atoms with Crippen molar-refractivity contribution in [1.29, 1.82) is 0 Å². The second-order valence-corrected chi connectivity index (χ2v) is 7.39. The number of ketones is 1. The standard InChI is InChI=1S/C24H28N2O4/c1-2-16-30-21-11-7-19(8-12-21)22(27)13-14-23(28)25-17-18-5-9-20(10-6-18)26-15-3-4-24(26)29/h5-12H,2-4,13-17H2,1H3,(H,25,28). The van der Waals surface area contributed by atoms with Gasteiger partial charge in [0.2, 0.25) is 11.8 Å². The molecule has 2 aromatic carbocycles. The van der Waals surface area contributed by atoms with Crippen molar-refractivity contribution in [2.75, 3.05) is 18.1 Å². The Kier molecular flexibility index (Phi) is 7.60. The van der Waals surface area contributed by atoms with Crippen molar-refractivity contribution in [3.05, 3.63) is 59.7 Å². The van der Waals surface area contributed by atoms with Gasteiger partial charge >= 0.3 is 0 Å². The minimum atomic E-state index is -0.162. The molecule has 158 valence electrons. The summed E-state index contributed by atoms with van der Waals surface area (Å²) >= 11 is 0. The number of hydrogen-bond donors (Lipinski definition) is 1. The summed E-state index contributed by atoms with van der Waals surface area (Å²) in [6.07, 6.45) is 2.74. The van der Waals surface area contributed by atoms with Gasteiger partial charge in [-0.25, -0.2) is 0 Å². The lowest BCUT2D eigenvalue weighted by molar-refractivity contribution is -0.121. The van der Waals surface area contributed by atoms with Crippen molar-refractivity contribution < 1.29 is 19.1 Å². The van der Waals surface area contributed by atoms with E-state index in [-0.39, 0.29) is 30.4 Å². The molecular weight excluding hydrogens is 380 g/mol. The number of carbonyl (C=O) groups excluding carboxylic acids is 3. The van der Waals surface area contributed by atoms with Crippen molar-refractivity contribution in [2.24, 2.45) is 0 Å². The molecule has 0 aliphatic carbocycles. The number of ether oxygens (including phenoxy) is 1. The van der Waals surface area contributed by atoms with Crippen LogP contribution in [0.25, 0.3) is 0 Å². The Morgan fingerprint density at radius 3 is 2.40 bits per heavy atom. The number of benzene rings is 2. The molecule has 1 heterocycles. The number of carbonyl (C=O) groups is 3. The third-order valence-corrected chi connectivity index (χ3v) is 5.04. The highest BCUT2D eigenvalue weighted by Gasteiger charge is 2.21. The van der Waals surface area contributed by atoms with Crippen LogP contribution >= 0.6 is 0 Å². The molecule has 0 spiro atoms. The summed E-state index contributed by atoms with van der Waals surface area (Å²) in [5.74, 6) is 0.673. The summed E-state index contributed by atoms with van der Waals surface area (Å²) < 4.78 is 5.51. The molecule has 1 aliphatic rings. The first kappa shape index (κ1) is 21.6. The van der Waals surface area contributed by atoms with E-state index in [1.165, 1.54) is 0 Å². The fourth-order valence-corrected chi connectivity index (χ4v) is 3.33. The van der Waals surface area contributed by atoms with Gasteiger partial charge in [0.05, 0.1) is 6.61 Å². The van der Waals surface area contributed by atoms with E-state index in [2.05, 4.69) is 5.32 Å². The van der Waals surface area contributed by atoms with Gasteiger partial charge in [-0.2, -0.15) is 0 Å². The molecule has 0 saturated carbocycles. The molecule has 3 rings (SSSR count). The van der Waals surface area contributed by atoms with Gasteiger partial charge in [-0.15, -0.1) is 0 Å². The lowest BCUT2D eigenvalue weighted by atomic mass is 10.1. The van der Waals surface area contributed by atoms with Crippen LogP contribution in [0.15, 0.2) is 48.5 Å². The third-order valence-electron chi connectivity index (χ3n) is 5.04. The van der Waals surface area contributed by atoms with Crippen LogP contribution in [0.3, 0.4) is 0 Å². The summed E-state index contributed by atoms with van der Waals surface area (Å²) in [7, 11) is 0. The van der Waals surface area contributed by atoms with Crippen LogP contribution in [0, 0.1) is 0 Å². The van der Waals surface area contributed by atoms with Crippen molar-refractivity contribution in [2.45, 2.75) is 45.6 Å². The zero-order valence-corrected chi connectivity index (χ0v) is 17.4. The number of hydrogen-bond acceptors (Lipinski definition) is 4. The Labute approximate surface area is 177 Å². The molecule has 1 fully saturated rings. The van der Waals surface area contributed by atoms with Gasteiger partial charge in [0.15, 0.2) is 5.78 Å². The summed E-state index contributed by atoms with van der Waals surface area (Å²) in [6.45, 7) is 3.84. The maximum absolute atomic E-state index is 12.3. The van der Waals surface area contributed by atoms with Crippen LogP contribution in [0.5, 0.6) is 5.75 Å². The summed E-state index contributed by atoms with van der Waals surface area (Å²) in [4.78, 5) is 38.0. The van der Waals surface area contributed by atoms with E-state index in [0.29, 0.717) is 25.1 Å². The van der Waals surface area contributed by atoms with Crippen LogP contribution in [0.2, 0.25) is 0 Å². The van der Waals surface area contributed by atoms with Crippen LogP contribution in [0.1, 0.15) is 54.9 Å². The zero-order chi connectivity index (χ0) is 21.3. The normalized spacial score (nSPS) is 13.4. The van der Waals surface area contributed by atoms with Gasteiger partial charge in [-0.1, -0.05) is 19.1 Å². The average molecular weight is 408 g/mol. The Hall–Kier alpha value is -3.15. The van der Waals surface area contributed by atoms with Gasteiger partial charge in [0, 0.05) is 43.6 Å². The average Bonchev–Trinajstić information content (AvgIpc) is 3.21. The first-order valence-electron chi connectivity index (χ1n) is 10.5. The molecule has 1 saturated heterocycles. The number of anilines is 1. The first-order chi connectivity index (χ1) is 14.6. The quantitative estimate of drug-likeness (QED) is 0.606. The van der Waals surface area contributed by atoms with E-state index >= 15 is 0 Å². The fourth-order valence-electron chi connectivity index (χ4n) is 3.33. The number of amides is 2. The molecule has 2 aromatic rings. The van der Waals surface area contributed by atoms with Gasteiger partial charge in [0.1, 0.15) is 5.75 Å². The molecule has 0 unspecified atom stereocenters. The molecule has 30 heavy (non-hydrogen) atoms. The topological polar surface area (TPSA) is 75.7 Å². The Bertz CT molecular complexity index is 875. The van der Waals surface area contributed by atoms with Gasteiger partial charge in [-0.05, 0) is 54.8 Å². The van der Waals surface area contributed by atoms with E-state index in [1.807, 2.05) is 31.2 Å². The maximum atomic E-state index is 12.3. The van der Waals surface area contributed by atoms with Crippen molar-refractivity contribution in [1.82, 2.24) is 5.32 Å². The van der Waals surface area contributed by atoms with Gasteiger partial charge in [-0.3, -0.25) is 14.4 Å². The minimum absolute atomic E-state index is 0.0631. The number of rotatable bonds is 10. The Morgan fingerprint density at radius 2 is 1.77 bits per heavy atom. The van der Waals surface area contributed by atoms with Crippen LogP contribution < -0.4 is 15.0 Å². The third kappa shape index (κ3) is 5.92. The largest absolute Gasteiger partial charge is 0.494 e. The SMILES string of the molecule is CCCOc1ccc(C(=O)CCC(=O)NCc2ccc(N3CCCC3=O)cc2)cc1. The predicted octanol–water partition coefficient (Wildman–Crippen LogP) is 3.88. The molecule has 0 atom stereocenters. The smallest absolute Gasteiger partial charge is 0.227 e. The maximum Gasteiger partial charge on any atom is 0.227 e. The van der Waals surface area contributed by atoms with Crippen LogP contribution in [-0.2, 0) is 16.1 Å². The van der Waals surface area contributed by atoms with Crippen LogP contribution in [0.4, 0.5) is 5.69 Å². The first-order valence-corrected chi connectivity index (χ1v) is 10.5. The fraction of sp³-hybridized carbons (Fsp3) is 0.375. The van der Waals surface area contributed by atoms with E-state index in [1.54, 1.807) is 29.2 Å². The highest BCUT2D eigenvalue weighted by atomic mass is 16.5. The molecule has 2 amide bonds. The van der Waals surface area contributed by atoms with Crippen molar-refractivity contribution in [3.8, 4) is 5.75 Å². The molecular formula is C24H28N2O4. The second-order valence-electron chi connectivity index (χ2n) is 7.39. The molecule has 1 aliphatic heterocycles.